The van der Waals surface area contributed by atoms with Gasteiger partial charge in [-0.05, 0) is 81.1 Å². The molecule has 0 bridgehead atoms. The van der Waals surface area contributed by atoms with E-state index in [1.807, 2.05) is 0 Å². The van der Waals surface area contributed by atoms with Crippen LogP contribution in [-0.2, 0) is 21.7 Å². The van der Waals surface area contributed by atoms with Gasteiger partial charge in [-0.15, -0.1) is 0 Å². The fourth-order valence-electron chi connectivity index (χ4n) is 4.48. The summed E-state index contributed by atoms with van der Waals surface area (Å²) < 4.78 is 12.7. The van der Waals surface area contributed by atoms with Crippen LogP contribution in [0.1, 0.15) is 116 Å². The SMILES string of the molecule is Cc1cc(OP(Cl)Oc2cc(C)c(C(C)(C)C)cc2C(C)(C)C)c(C(C)(C)C)cc1C(C)(C)C. The lowest BCUT2D eigenvalue weighted by molar-refractivity contribution is 0.470. The highest BCUT2D eigenvalue weighted by atomic mass is 35.7. The molecule has 0 saturated heterocycles. The van der Waals surface area contributed by atoms with E-state index in [2.05, 4.69) is 121 Å². The molecule has 0 unspecified atom stereocenters. The number of halogens is 1. The molecule has 190 valence electrons. The molecular formula is C30H46ClO2P. The van der Waals surface area contributed by atoms with Crippen LogP contribution in [0.2, 0.25) is 0 Å². The third-order valence-electron chi connectivity index (χ3n) is 6.23. The second kappa shape index (κ2) is 9.67. The summed E-state index contributed by atoms with van der Waals surface area (Å²) in [5.74, 6) is 1.61. The van der Waals surface area contributed by atoms with Crippen molar-refractivity contribution in [2.24, 2.45) is 0 Å². The number of hydrogen-bond donors (Lipinski definition) is 0. The lowest BCUT2D eigenvalue weighted by Gasteiger charge is -2.30. The van der Waals surface area contributed by atoms with Crippen LogP contribution in [0.4, 0.5) is 0 Å². The van der Waals surface area contributed by atoms with Gasteiger partial charge in [-0.25, -0.2) is 0 Å². The molecule has 2 rings (SSSR count). The van der Waals surface area contributed by atoms with E-state index in [0.29, 0.717) is 0 Å². The van der Waals surface area contributed by atoms with Gasteiger partial charge in [0.25, 0.3) is 0 Å². The quantitative estimate of drug-likeness (QED) is 0.385. The number of aryl methyl sites for hydroxylation is 2. The molecule has 2 aromatic rings. The highest BCUT2D eigenvalue weighted by Crippen LogP contribution is 2.50. The third kappa shape index (κ3) is 6.92. The average molecular weight is 505 g/mol. The monoisotopic (exact) mass is 504 g/mol. The van der Waals surface area contributed by atoms with Crippen LogP contribution < -0.4 is 9.05 Å². The van der Waals surface area contributed by atoms with Crippen LogP contribution in [-0.4, -0.2) is 0 Å². The number of benzene rings is 2. The van der Waals surface area contributed by atoms with Crippen molar-refractivity contribution in [2.45, 2.75) is 119 Å². The first-order chi connectivity index (χ1) is 15.1. The molecule has 0 aliphatic rings. The standard InChI is InChI=1S/C30H46ClO2P/c1-19-15-25(23(29(9,10)11)17-21(19)27(3,4)5)32-34(31)33-26-16-20(2)22(28(6,7)8)18-24(26)30(12,13)14/h15-18H,1-14H3. The minimum Gasteiger partial charge on any atom is -0.427 e. The minimum absolute atomic E-state index is 0.0543. The largest absolute Gasteiger partial charge is 0.427 e. The maximum Gasteiger partial charge on any atom is 0.401 e. The zero-order valence-corrected chi connectivity index (χ0v) is 25.6. The Morgan fingerprint density at radius 2 is 0.765 bits per heavy atom. The Balaban J connectivity index is 2.50. The lowest BCUT2D eigenvalue weighted by Crippen LogP contribution is -2.19. The fourth-order valence-corrected chi connectivity index (χ4v) is 5.57. The normalized spacial score (nSPS) is 13.4. The molecule has 2 aromatic carbocycles. The van der Waals surface area contributed by atoms with E-state index < -0.39 is 7.73 Å². The highest BCUT2D eigenvalue weighted by molar-refractivity contribution is 7.76. The van der Waals surface area contributed by atoms with Crippen molar-refractivity contribution in [3.63, 3.8) is 0 Å². The predicted molar refractivity (Wildman–Crippen MR) is 151 cm³/mol. The van der Waals surface area contributed by atoms with Crippen LogP contribution in [0.5, 0.6) is 11.5 Å². The molecule has 0 aliphatic heterocycles. The fraction of sp³-hybridized carbons (Fsp3) is 0.600. The average Bonchev–Trinajstić information content (AvgIpc) is 2.57. The summed E-state index contributed by atoms with van der Waals surface area (Å²) in [5.41, 5.74) is 7.30. The zero-order chi connectivity index (χ0) is 26.4. The lowest BCUT2D eigenvalue weighted by atomic mass is 9.78. The van der Waals surface area contributed by atoms with Crippen molar-refractivity contribution >= 4 is 19.0 Å². The summed E-state index contributed by atoms with van der Waals surface area (Å²) in [4.78, 5) is 0. The van der Waals surface area contributed by atoms with Gasteiger partial charge in [0.2, 0.25) is 0 Å². The zero-order valence-electron chi connectivity index (χ0n) is 24.0. The third-order valence-corrected chi connectivity index (χ3v) is 7.32. The first-order valence-electron chi connectivity index (χ1n) is 12.3. The first kappa shape index (κ1) is 29.0. The summed E-state index contributed by atoms with van der Waals surface area (Å²) in [6.45, 7) is 31.0. The Bertz CT molecular complexity index is 945. The van der Waals surface area contributed by atoms with E-state index >= 15 is 0 Å². The Morgan fingerprint density at radius 1 is 0.500 bits per heavy atom. The van der Waals surface area contributed by atoms with E-state index in [4.69, 9.17) is 20.3 Å². The van der Waals surface area contributed by atoms with Gasteiger partial charge in [0.1, 0.15) is 11.5 Å². The van der Waals surface area contributed by atoms with Crippen LogP contribution in [0.15, 0.2) is 24.3 Å². The smallest absolute Gasteiger partial charge is 0.401 e. The van der Waals surface area contributed by atoms with Crippen LogP contribution in [0, 0.1) is 13.8 Å². The molecule has 0 saturated carbocycles. The molecule has 0 atom stereocenters. The van der Waals surface area contributed by atoms with Crippen LogP contribution in [0.25, 0.3) is 0 Å². The molecule has 0 N–H and O–H groups in total. The molecule has 0 aromatic heterocycles. The molecule has 0 fully saturated rings. The van der Waals surface area contributed by atoms with Gasteiger partial charge in [0.05, 0.1) is 0 Å². The van der Waals surface area contributed by atoms with Crippen molar-refractivity contribution in [1.82, 2.24) is 0 Å². The van der Waals surface area contributed by atoms with Gasteiger partial charge in [0, 0.05) is 11.1 Å². The molecule has 0 amide bonds. The van der Waals surface area contributed by atoms with E-state index in [1.165, 1.54) is 22.3 Å². The Kier molecular flexibility index (Phi) is 8.24. The maximum absolute atomic E-state index is 6.78. The minimum atomic E-state index is -1.69. The Hall–Kier alpha value is -1.24. The van der Waals surface area contributed by atoms with Gasteiger partial charge in [-0.2, -0.15) is 0 Å². The van der Waals surface area contributed by atoms with E-state index in [9.17, 15) is 0 Å². The summed E-state index contributed by atoms with van der Waals surface area (Å²) in [6, 6.07) is 8.82. The second-order valence-corrected chi connectivity index (χ2v) is 15.3. The summed E-state index contributed by atoms with van der Waals surface area (Å²) >= 11 is 6.78. The van der Waals surface area contributed by atoms with Crippen molar-refractivity contribution in [1.29, 1.82) is 0 Å². The van der Waals surface area contributed by atoms with Crippen LogP contribution in [0.3, 0.4) is 0 Å². The molecule has 0 heterocycles. The van der Waals surface area contributed by atoms with Crippen molar-refractivity contribution in [3.8, 4) is 11.5 Å². The Morgan fingerprint density at radius 3 is 1.00 bits per heavy atom. The molecule has 2 nitrogen and oxygen atoms in total. The van der Waals surface area contributed by atoms with E-state index in [0.717, 1.165) is 22.6 Å². The van der Waals surface area contributed by atoms with Gasteiger partial charge >= 0.3 is 7.73 Å². The molecule has 0 spiro atoms. The summed E-state index contributed by atoms with van der Waals surface area (Å²) in [7, 11) is -1.69. The van der Waals surface area contributed by atoms with Crippen LogP contribution >= 0.6 is 19.0 Å². The van der Waals surface area contributed by atoms with E-state index in [1.54, 1.807) is 0 Å². The van der Waals surface area contributed by atoms with Crippen molar-refractivity contribution in [2.75, 3.05) is 0 Å². The van der Waals surface area contributed by atoms with Crippen molar-refractivity contribution < 1.29 is 9.05 Å². The van der Waals surface area contributed by atoms with Gasteiger partial charge < -0.3 is 9.05 Å². The first-order valence-corrected chi connectivity index (χ1v) is 14.3. The number of hydrogen-bond acceptors (Lipinski definition) is 2. The Labute approximate surface area is 215 Å². The topological polar surface area (TPSA) is 18.5 Å². The molecule has 4 heteroatoms. The number of rotatable bonds is 4. The maximum atomic E-state index is 6.78. The van der Waals surface area contributed by atoms with Gasteiger partial charge in [-0.3, -0.25) is 0 Å². The second-order valence-electron chi connectivity index (χ2n) is 13.7. The summed E-state index contributed by atoms with van der Waals surface area (Å²) in [6.07, 6.45) is 0. The van der Waals surface area contributed by atoms with E-state index in [-0.39, 0.29) is 21.7 Å². The molecule has 0 radical (unpaired) electrons. The molecule has 34 heavy (non-hydrogen) atoms. The molecule has 0 aliphatic carbocycles. The highest BCUT2D eigenvalue weighted by Gasteiger charge is 2.29. The predicted octanol–water partition coefficient (Wildman–Crippen LogP) is 10.4. The molecular weight excluding hydrogens is 459 g/mol. The van der Waals surface area contributed by atoms with Gasteiger partial charge in [-0.1, -0.05) is 95.2 Å². The van der Waals surface area contributed by atoms with Crippen molar-refractivity contribution in [3.05, 3.63) is 57.6 Å². The summed E-state index contributed by atoms with van der Waals surface area (Å²) in [5, 5.41) is 0. The van der Waals surface area contributed by atoms with Gasteiger partial charge in [0.15, 0.2) is 0 Å².